The highest BCUT2D eigenvalue weighted by molar-refractivity contribution is 5.39. The largest absolute Gasteiger partial charge is 0.494 e. The maximum Gasteiger partial charge on any atom is 0.166 e. The van der Waals surface area contributed by atoms with Crippen LogP contribution >= 0.6 is 0 Å². The van der Waals surface area contributed by atoms with Gasteiger partial charge in [-0.25, -0.2) is 4.39 Å². The van der Waals surface area contributed by atoms with Gasteiger partial charge in [0.1, 0.15) is 0 Å². The molecule has 0 bridgehead atoms. The van der Waals surface area contributed by atoms with Crippen molar-refractivity contribution in [2.45, 2.75) is 6.42 Å². The molecule has 0 saturated heterocycles. The Kier molecular flexibility index (Phi) is 3.52. The van der Waals surface area contributed by atoms with E-state index in [0.717, 1.165) is 0 Å². The molecular weight excluding hydrogens is 181 g/mol. The van der Waals surface area contributed by atoms with Crippen molar-refractivity contribution in [1.82, 2.24) is 0 Å². The summed E-state index contributed by atoms with van der Waals surface area (Å²) in [5.74, 6) is 5.01. The predicted molar refractivity (Wildman–Crippen MR) is 50.1 cm³/mol. The van der Waals surface area contributed by atoms with Gasteiger partial charge in [0.05, 0.1) is 19.6 Å². The second-order valence-electron chi connectivity index (χ2n) is 2.49. The van der Waals surface area contributed by atoms with Gasteiger partial charge in [0, 0.05) is 5.56 Å². The predicted octanol–water partition coefficient (Wildman–Crippen LogP) is 2.10. The van der Waals surface area contributed by atoms with Crippen LogP contribution in [-0.4, -0.2) is 7.11 Å². The highest BCUT2D eigenvalue weighted by atomic mass is 19.1. The summed E-state index contributed by atoms with van der Waals surface area (Å²) < 4.78 is 17.9. The van der Waals surface area contributed by atoms with Crippen molar-refractivity contribution in [1.29, 1.82) is 5.26 Å². The van der Waals surface area contributed by atoms with E-state index in [1.165, 1.54) is 19.2 Å². The van der Waals surface area contributed by atoms with Gasteiger partial charge in [-0.15, -0.1) is 0 Å². The summed E-state index contributed by atoms with van der Waals surface area (Å²) in [6.07, 6.45) is 0.146. The van der Waals surface area contributed by atoms with Gasteiger partial charge in [-0.2, -0.15) is 5.26 Å². The zero-order valence-electron chi connectivity index (χ0n) is 7.67. The van der Waals surface area contributed by atoms with Crippen molar-refractivity contribution < 1.29 is 9.13 Å². The molecule has 0 saturated carbocycles. The summed E-state index contributed by atoms with van der Waals surface area (Å²) in [6.45, 7) is 0. The fraction of sp³-hybridized carbons (Fsp3) is 0.182. The highest BCUT2D eigenvalue weighted by Crippen LogP contribution is 2.16. The molecule has 2 nitrogen and oxygen atoms in total. The topological polar surface area (TPSA) is 33.0 Å². The van der Waals surface area contributed by atoms with Crippen molar-refractivity contribution in [3.63, 3.8) is 0 Å². The van der Waals surface area contributed by atoms with Gasteiger partial charge in [0.2, 0.25) is 0 Å². The Hall–Kier alpha value is -2.00. The van der Waals surface area contributed by atoms with Crippen LogP contribution in [0.15, 0.2) is 18.2 Å². The number of ether oxygens (including phenoxy) is 1. The fourth-order valence-electron chi connectivity index (χ4n) is 0.930. The molecule has 0 amide bonds. The quantitative estimate of drug-likeness (QED) is 0.634. The number of nitriles is 1. The van der Waals surface area contributed by atoms with Crippen LogP contribution in [0.2, 0.25) is 0 Å². The van der Waals surface area contributed by atoms with E-state index in [4.69, 9.17) is 10.00 Å². The molecule has 0 aliphatic rings. The van der Waals surface area contributed by atoms with Gasteiger partial charge in [0.25, 0.3) is 0 Å². The number of hydrogen-bond donors (Lipinski definition) is 0. The van der Waals surface area contributed by atoms with E-state index in [-0.39, 0.29) is 12.2 Å². The zero-order valence-corrected chi connectivity index (χ0v) is 7.67. The number of benzene rings is 1. The number of halogens is 1. The third-order valence-electron chi connectivity index (χ3n) is 1.55. The fourth-order valence-corrected chi connectivity index (χ4v) is 0.930. The zero-order chi connectivity index (χ0) is 10.4. The lowest BCUT2D eigenvalue weighted by Crippen LogP contribution is -1.88. The number of methoxy groups -OCH3 is 1. The summed E-state index contributed by atoms with van der Waals surface area (Å²) in [5, 5.41) is 8.23. The normalized spacial score (nSPS) is 8.36. The number of nitrogens with zero attached hydrogens (tertiary/aromatic N) is 1. The molecule has 1 aromatic rings. The summed E-state index contributed by atoms with van der Waals surface area (Å²) in [5.41, 5.74) is 0.540. The van der Waals surface area contributed by atoms with Gasteiger partial charge in [-0.05, 0) is 18.2 Å². The van der Waals surface area contributed by atoms with E-state index in [9.17, 15) is 4.39 Å². The summed E-state index contributed by atoms with van der Waals surface area (Å²) >= 11 is 0. The van der Waals surface area contributed by atoms with Crippen LogP contribution < -0.4 is 4.74 Å². The second-order valence-corrected chi connectivity index (χ2v) is 2.49. The molecule has 0 aliphatic heterocycles. The lowest BCUT2D eigenvalue weighted by Gasteiger charge is -2.00. The third kappa shape index (κ3) is 2.50. The Bertz CT molecular complexity index is 423. The lowest BCUT2D eigenvalue weighted by molar-refractivity contribution is 0.386. The molecule has 0 radical (unpaired) electrons. The highest BCUT2D eigenvalue weighted by Gasteiger charge is 2.00. The van der Waals surface area contributed by atoms with Crippen molar-refractivity contribution in [3.05, 3.63) is 29.6 Å². The SMILES string of the molecule is COc1ccc(C#CCC#N)cc1F. The minimum Gasteiger partial charge on any atom is -0.494 e. The smallest absolute Gasteiger partial charge is 0.166 e. The Labute approximate surface area is 81.9 Å². The minimum atomic E-state index is -0.448. The molecule has 0 aromatic heterocycles. The van der Waals surface area contributed by atoms with E-state index in [1.807, 2.05) is 6.07 Å². The van der Waals surface area contributed by atoms with E-state index < -0.39 is 5.82 Å². The van der Waals surface area contributed by atoms with Crippen LogP contribution in [0.1, 0.15) is 12.0 Å². The van der Waals surface area contributed by atoms with Crippen molar-refractivity contribution in [2.24, 2.45) is 0 Å². The molecule has 0 heterocycles. The van der Waals surface area contributed by atoms with Crippen LogP contribution in [0, 0.1) is 29.0 Å². The second kappa shape index (κ2) is 4.89. The first-order chi connectivity index (χ1) is 6.77. The maximum absolute atomic E-state index is 13.1. The molecule has 0 N–H and O–H groups in total. The Morgan fingerprint density at radius 2 is 2.29 bits per heavy atom. The Balaban J connectivity index is 2.89. The van der Waals surface area contributed by atoms with E-state index >= 15 is 0 Å². The summed E-state index contributed by atoms with van der Waals surface area (Å²) in [6, 6.07) is 6.31. The summed E-state index contributed by atoms with van der Waals surface area (Å²) in [4.78, 5) is 0. The number of rotatable bonds is 1. The average Bonchev–Trinajstić information content (AvgIpc) is 2.18. The molecule has 1 aromatic carbocycles. The van der Waals surface area contributed by atoms with Gasteiger partial charge in [-0.1, -0.05) is 11.8 Å². The first kappa shape index (κ1) is 10.1. The third-order valence-corrected chi connectivity index (χ3v) is 1.55. The van der Waals surface area contributed by atoms with E-state index in [1.54, 1.807) is 6.07 Å². The minimum absolute atomic E-state index is 0.146. The first-order valence-electron chi connectivity index (χ1n) is 3.97. The summed E-state index contributed by atoms with van der Waals surface area (Å²) in [7, 11) is 1.40. The molecule has 0 unspecified atom stereocenters. The van der Waals surface area contributed by atoms with E-state index in [2.05, 4.69) is 11.8 Å². The van der Waals surface area contributed by atoms with E-state index in [0.29, 0.717) is 5.56 Å². The Morgan fingerprint density at radius 3 is 2.86 bits per heavy atom. The van der Waals surface area contributed by atoms with Crippen LogP contribution in [0.4, 0.5) is 4.39 Å². The monoisotopic (exact) mass is 189 g/mol. The molecule has 0 aliphatic carbocycles. The Morgan fingerprint density at radius 1 is 1.50 bits per heavy atom. The molecule has 0 spiro atoms. The van der Waals surface area contributed by atoms with Crippen LogP contribution in [-0.2, 0) is 0 Å². The average molecular weight is 189 g/mol. The molecule has 70 valence electrons. The molecule has 0 fully saturated rings. The molecular formula is C11H8FNO. The first-order valence-corrected chi connectivity index (χ1v) is 3.97. The lowest BCUT2D eigenvalue weighted by atomic mass is 10.2. The van der Waals surface area contributed by atoms with Crippen molar-refractivity contribution >= 4 is 0 Å². The van der Waals surface area contributed by atoms with Crippen LogP contribution in [0.5, 0.6) is 5.75 Å². The molecule has 0 atom stereocenters. The van der Waals surface area contributed by atoms with Gasteiger partial charge >= 0.3 is 0 Å². The molecule has 1 rings (SSSR count). The molecule has 14 heavy (non-hydrogen) atoms. The van der Waals surface area contributed by atoms with Crippen LogP contribution in [0.3, 0.4) is 0 Å². The van der Waals surface area contributed by atoms with Gasteiger partial charge in [-0.3, -0.25) is 0 Å². The van der Waals surface area contributed by atoms with Gasteiger partial charge in [0.15, 0.2) is 11.6 Å². The van der Waals surface area contributed by atoms with Gasteiger partial charge < -0.3 is 4.74 Å². The molecule has 3 heteroatoms. The van der Waals surface area contributed by atoms with Crippen molar-refractivity contribution in [2.75, 3.05) is 7.11 Å². The van der Waals surface area contributed by atoms with Crippen molar-refractivity contribution in [3.8, 4) is 23.7 Å². The van der Waals surface area contributed by atoms with Crippen LogP contribution in [0.25, 0.3) is 0 Å². The standard InChI is InChI=1S/C11H8FNO/c1-14-11-6-5-9(8-10(11)12)4-2-3-7-13/h5-6,8H,3H2,1H3. The number of hydrogen-bond acceptors (Lipinski definition) is 2. The maximum atomic E-state index is 13.1.